The van der Waals surface area contributed by atoms with E-state index >= 15 is 0 Å². The Kier molecular flexibility index (Phi) is 2.72. The number of carbonyl (C=O) groups excluding carboxylic acids is 1. The molecule has 1 fully saturated rings. The van der Waals surface area contributed by atoms with Gasteiger partial charge in [0.2, 0.25) is 5.91 Å². The highest BCUT2D eigenvalue weighted by Gasteiger charge is 2.17. The van der Waals surface area contributed by atoms with Crippen molar-refractivity contribution in [3.63, 3.8) is 0 Å². The largest absolute Gasteiger partial charge is 0.356 e. The van der Waals surface area contributed by atoms with Crippen LogP contribution in [0.3, 0.4) is 0 Å². The van der Waals surface area contributed by atoms with Gasteiger partial charge in [-0.15, -0.1) is 0 Å². The van der Waals surface area contributed by atoms with Crippen molar-refractivity contribution in [2.24, 2.45) is 5.92 Å². The minimum absolute atomic E-state index is 0.264. The molecule has 0 spiro atoms. The van der Waals surface area contributed by atoms with Gasteiger partial charge in [0.25, 0.3) is 0 Å². The Balaban J connectivity index is 2.43. The van der Waals surface area contributed by atoms with Gasteiger partial charge in [0.15, 0.2) is 0 Å². The molecule has 1 aliphatic rings. The van der Waals surface area contributed by atoms with Gasteiger partial charge in [0.05, 0.1) is 0 Å². The predicted octanol–water partition coefficient (Wildman–Crippen LogP) is 1.31. The van der Waals surface area contributed by atoms with Crippen molar-refractivity contribution >= 4 is 5.91 Å². The van der Waals surface area contributed by atoms with Gasteiger partial charge in [0, 0.05) is 12.5 Å². The van der Waals surface area contributed by atoms with Crippen LogP contribution < -0.4 is 5.32 Å². The van der Waals surface area contributed by atoms with Crippen LogP contribution in [-0.4, -0.2) is 12.5 Å². The van der Waals surface area contributed by atoms with E-state index in [0.29, 0.717) is 5.92 Å². The summed E-state index contributed by atoms with van der Waals surface area (Å²) < 4.78 is 0. The van der Waals surface area contributed by atoms with Crippen LogP contribution in [0.1, 0.15) is 32.6 Å². The molecule has 1 unspecified atom stereocenters. The average Bonchev–Trinajstić information content (AvgIpc) is 2.13. The quantitative estimate of drug-likeness (QED) is 0.586. The maximum Gasteiger partial charge on any atom is 0.223 e. The molecule has 2 nitrogen and oxygen atoms in total. The molecule has 1 N–H and O–H groups in total. The Bertz CT molecular complexity index is 122. The fraction of sp³-hybridized carbons (Fsp3) is 0.875. The molecule has 0 aliphatic carbocycles. The van der Waals surface area contributed by atoms with Gasteiger partial charge in [-0.05, 0) is 19.3 Å². The molecule has 0 bridgehead atoms. The normalized spacial score (nSPS) is 27.3. The highest BCUT2D eigenvalue weighted by atomic mass is 16.1. The summed E-state index contributed by atoms with van der Waals surface area (Å²) in [4.78, 5) is 11.1. The van der Waals surface area contributed by atoms with Crippen LogP contribution in [-0.2, 0) is 4.79 Å². The fourth-order valence-corrected chi connectivity index (χ4v) is 1.39. The molecule has 0 aromatic carbocycles. The highest BCUT2D eigenvalue weighted by Crippen LogP contribution is 2.14. The van der Waals surface area contributed by atoms with Gasteiger partial charge in [-0.1, -0.05) is 13.3 Å². The second-order valence-corrected chi connectivity index (χ2v) is 2.89. The van der Waals surface area contributed by atoms with E-state index < -0.39 is 0 Å². The molecule has 58 valence electrons. The Hall–Kier alpha value is -0.530. The fourth-order valence-electron chi connectivity index (χ4n) is 1.39. The maximum absolute atomic E-state index is 11.1. The van der Waals surface area contributed by atoms with Crippen molar-refractivity contribution in [2.75, 3.05) is 6.54 Å². The number of amides is 1. The Morgan fingerprint density at radius 3 is 3.10 bits per heavy atom. The molecule has 0 radical (unpaired) electrons. The lowest BCUT2D eigenvalue weighted by Gasteiger charge is -2.08. The topological polar surface area (TPSA) is 29.1 Å². The van der Waals surface area contributed by atoms with Crippen molar-refractivity contribution in [3.8, 4) is 0 Å². The van der Waals surface area contributed by atoms with Crippen LogP contribution >= 0.6 is 0 Å². The van der Waals surface area contributed by atoms with Gasteiger partial charge < -0.3 is 5.32 Å². The van der Waals surface area contributed by atoms with Crippen molar-refractivity contribution in [2.45, 2.75) is 32.6 Å². The molecule has 1 amide bonds. The summed E-state index contributed by atoms with van der Waals surface area (Å²) in [5, 5.41) is 2.91. The maximum atomic E-state index is 11.1. The zero-order chi connectivity index (χ0) is 7.40. The Morgan fingerprint density at radius 2 is 2.40 bits per heavy atom. The standard InChI is InChI=1S/C8H15NO/c1-2-7-5-3-4-6-9-8(7)10/h7H,2-6H2,1H3,(H,9,10). The Labute approximate surface area is 62.0 Å². The average molecular weight is 141 g/mol. The third-order valence-electron chi connectivity index (χ3n) is 2.14. The summed E-state index contributed by atoms with van der Waals surface area (Å²) >= 11 is 0. The summed E-state index contributed by atoms with van der Waals surface area (Å²) in [5.74, 6) is 0.558. The number of rotatable bonds is 1. The lowest BCUT2D eigenvalue weighted by molar-refractivity contribution is -0.124. The summed E-state index contributed by atoms with van der Waals surface area (Å²) in [6, 6.07) is 0. The molecule has 1 aliphatic heterocycles. The molecule has 1 atom stereocenters. The first kappa shape index (κ1) is 7.58. The number of nitrogens with one attached hydrogen (secondary N) is 1. The summed E-state index contributed by atoms with van der Waals surface area (Å²) in [6.07, 6.45) is 4.44. The van der Waals surface area contributed by atoms with E-state index in [-0.39, 0.29) is 5.91 Å². The van der Waals surface area contributed by atoms with Crippen LogP contribution in [0.5, 0.6) is 0 Å². The third-order valence-corrected chi connectivity index (χ3v) is 2.14. The van der Waals surface area contributed by atoms with E-state index in [4.69, 9.17) is 0 Å². The first-order valence-corrected chi connectivity index (χ1v) is 4.12. The SMILES string of the molecule is CCC1CCCCNC1=O. The van der Waals surface area contributed by atoms with Crippen LogP contribution in [0.15, 0.2) is 0 Å². The highest BCUT2D eigenvalue weighted by molar-refractivity contribution is 5.78. The monoisotopic (exact) mass is 141 g/mol. The third kappa shape index (κ3) is 1.72. The second-order valence-electron chi connectivity index (χ2n) is 2.89. The van der Waals surface area contributed by atoms with Crippen molar-refractivity contribution in [3.05, 3.63) is 0 Å². The van der Waals surface area contributed by atoms with Gasteiger partial charge >= 0.3 is 0 Å². The first-order chi connectivity index (χ1) is 4.84. The van der Waals surface area contributed by atoms with Crippen molar-refractivity contribution < 1.29 is 4.79 Å². The van der Waals surface area contributed by atoms with Crippen LogP contribution in [0.2, 0.25) is 0 Å². The summed E-state index contributed by atoms with van der Waals surface area (Å²) in [6.45, 7) is 2.96. The molecule has 0 aromatic heterocycles. The van der Waals surface area contributed by atoms with E-state index in [9.17, 15) is 4.79 Å². The lowest BCUT2D eigenvalue weighted by Crippen LogP contribution is -2.28. The molecule has 1 heterocycles. The molecule has 10 heavy (non-hydrogen) atoms. The smallest absolute Gasteiger partial charge is 0.223 e. The van der Waals surface area contributed by atoms with Gasteiger partial charge in [0.1, 0.15) is 0 Å². The van der Waals surface area contributed by atoms with E-state index in [0.717, 1.165) is 25.8 Å². The molecule has 0 aromatic rings. The number of hydrogen-bond donors (Lipinski definition) is 1. The molecular formula is C8H15NO. The van der Waals surface area contributed by atoms with Crippen molar-refractivity contribution in [1.82, 2.24) is 5.32 Å². The lowest BCUT2D eigenvalue weighted by atomic mass is 10.0. The summed E-state index contributed by atoms with van der Waals surface area (Å²) in [7, 11) is 0. The van der Waals surface area contributed by atoms with Crippen molar-refractivity contribution in [1.29, 1.82) is 0 Å². The van der Waals surface area contributed by atoms with Gasteiger partial charge in [-0.25, -0.2) is 0 Å². The molecule has 0 saturated carbocycles. The van der Waals surface area contributed by atoms with E-state index in [1.807, 2.05) is 0 Å². The number of hydrogen-bond acceptors (Lipinski definition) is 1. The Morgan fingerprint density at radius 1 is 1.60 bits per heavy atom. The zero-order valence-electron chi connectivity index (χ0n) is 6.52. The molecule has 2 heteroatoms. The van der Waals surface area contributed by atoms with Gasteiger partial charge in [-0.2, -0.15) is 0 Å². The minimum Gasteiger partial charge on any atom is -0.356 e. The summed E-state index contributed by atoms with van der Waals surface area (Å²) in [5.41, 5.74) is 0. The zero-order valence-corrected chi connectivity index (χ0v) is 6.52. The molecular weight excluding hydrogens is 126 g/mol. The second kappa shape index (κ2) is 3.59. The molecule has 1 rings (SSSR count). The van der Waals surface area contributed by atoms with E-state index in [1.54, 1.807) is 0 Å². The van der Waals surface area contributed by atoms with E-state index in [1.165, 1.54) is 6.42 Å². The predicted molar refractivity (Wildman–Crippen MR) is 40.6 cm³/mol. The first-order valence-electron chi connectivity index (χ1n) is 4.12. The van der Waals surface area contributed by atoms with Crippen LogP contribution in [0.25, 0.3) is 0 Å². The van der Waals surface area contributed by atoms with E-state index in [2.05, 4.69) is 12.2 Å². The van der Waals surface area contributed by atoms with Gasteiger partial charge in [-0.3, -0.25) is 4.79 Å². The van der Waals surface area contributed by atoms with Crippen LogP contribution in [0, 0.1) is 5.92 Å². The minimum atomic E-state index is 0.264. The van der Waals surface area contributed by atoms with Crippen LogP contribution in [0.4, 0.5) is 0 Å². The molecule has 1 saturated heterocycles. The number of carbonyl (C=O) groups is 1.